The SMILES string of the molecule is Cc1ccc(N)c(Nc2ccccc2C(=O)O)c1C. The summed E-state index contributed by atoms with van der Waals surface area (Å²) in [7, 11) is 0. The molecule has 0 fully saturated rings. The highest BCUT2D eigenvalue weighted by Crippen LogP contribution is 2.30. The maximum Gasteiger partial charge on any atom is 0.337 e. The van der Waals surface area contributed by atoms with E-state index in [2.05, 4.69) is 5.32 Å². The average Bonchev–Trinajstić information content (AvgIpc) is 2.39. The zero-order chi connectivity index (χ0) is 14.0. The quantitative estimate of drug-likeness (QED) is 0.736. The predicted octanol–water partition coefficient (Wildman–Crippen LogP) is 3.33. The van der Waals surface area contributed by atoms with Crippen molar-refractivity contribution < 1.29 is 9.90 Å². The minimum absolute atomic E-state index is 0.225. The Morgan fingerprint density at radius 1 is 1.16 bits per heavy atom. The first-order chi connectivity index (χ1) is 9.00. The molecule has 0 heterocycles. The zero-order valence-corrected chi connectivity index (χ0v) is 10.9. The molecule has 0 aliphatic heterocycles. The fraction of sp³-hybridized carbons (Fsp3) is 0.133. The number of para-hydroxylation sites is 1. The highest BCUT2D eigenvalue weighted by Gasteiger charge is 2.12. The maximum absolute atomic E-state index is 11.2. The van der Waals surface area contributed by atoms with Gasteiger partial charge in [-0.15, -0.1) is 0 Å². The number of carbonyl (C=O) groups is 1. The van der Waals surface area contributed by atoms with Gasteiger partial charge >= 0.3 is 5.97 Å². The summed E-state index contributed by atoms with van der Waals surface area (Å²) in [5.41, 5.74) is 10.2. The molecule has 0 unspecified atom stereocenters. The van der Waals surface area contributed by atoms with Crippen molar-refractivity contribution in [1.29, 1.82) is 0 Å². The van der Waals surface area contributed by atoms with Crippen LogP contribution in [0.1, 0.15) is 21.5 Å². The number of benzene rings is 2. The van der Waals surface area contributed by atoms with Crippen LogP contribution in [0.4, 0.5) is 17.1 Å². The predicted molar refractivity (Wildman–Crippen MR) is 77.0 cm³/mol. The monoisotopic (exact) mass is 256 g/mol. The molecule has 0 saturated heterocycles. The van der Waals surface area contributed by atoms with E-state index in [-0.39, 0.29) is 5.56 Å². The fourth-order valence-corrected chi connectivity index (χ4v) is 1.92. The Hall–Kier alpha value is -2.49. The molecule has 0 bridgehead atoms. The smallest absolute Gasteiger partial charge is 0.337 e. The Bertz CT molecular complexity index is 636. The van der Waals surface area contributed by atoms with Gasteiger partial charge in [-0.05, 0) is 43.2 Å². The van der Waals surface area contributed by atoms with E-state index in [4.69, 9.17) is 10.8 Å². The van der Waals surface area contributed by atoms with Crippen LogP contribution >= 0.6 is 0 Å². The van der Waals surface area contributed by atoms with Gasteiger partial charge in [0.2, 0.25) is 0 Å². The van der Waals surface area contributed by atoms with Crippen molar-refractivity contribution in [3.8, 4) is 0 Å². The van der Waals surface area contributed by atoms with E-state index in [0.29, 0.717) is 11.4 Å². The number of hydrogen-bond acceptors (Lipinski definition) is 3. The number of nitrogens with one attached hydrogen (secondary N) is 1. The van der Waals surface area contributed by atoms with Crippen molar-refractivity contribution in [3.05, 3.63) is 53.1 Å². The summed E-state index contributed by atoms with van der Waals surface area (Å²) >= 11 is 0. The number of nitrogen functional groups attached to an aromatic ring is 1. The number of aromatic carboxylic acids is 1. The molecule has 2 aromatic carbocycles. The van der Waals surface area contributed by atoms with Gasteiger partial charge < -0.3 is 16.2 Å². The Balaban J connectivity index is 2.48. The molecule has 0 aliphatic carbocycles. The van der Waals surface area contributed by atoms with Crippen molar-refractivity contribution in [2.24, 2.45) is 0 Å². The third-order valence-corrected chi connectivity index (χ3v) is 3.19. The number of aryl methyl sites for hydroxylation is 1. The summed E-state index contributed by atoms with van der Waals surface area (Å²) in [6.45, 7) is 3.94. The molecule has 98 valence electrons. The van der Waals surface area contributed by atoms with Crippen LogP contribution in [0.5, 0.6) is 0 Å². The maximum atomic E-state index is 11.2. The van der Waals surface area contributed by atoms with Crippen LogP contribution < -0.4 is 11.1 Å². The average molecular weight is 256 g/mol. The Kier molecular flexibility index (Phi) is 3.42. The van der Waals surface area contributed by atoms with E-state index in [9.17, 15) is 4.79 Å². The third kappa shape index (κ3) is 2.52. The van der Waals surface area contributed by atoms with Gasteiger partial charge in [0.15, 0.2) is 0 Å². The first-order valence-corrected chi connectivity index (χ1v) is 5.95. The molecule has 0 radical (unpaired) electrons. The van der Waals surface area contributed by atoms with E-state index in [1.807, 2.05) is 26.0 Å². The van der Waals surface area contributed by atoms with E-state index in [0.717, 1.165) is 16.8 Å². The minimum Gasteiger partial charge on any atom is -0.478 e. The van der Waals surface area contributed by atoms with Gasteiger partial charge in [-0.3, -0.25) is 0 Å². The Morgan fingerprint density at radius 2 is 1.84 bits per heavy atom. The van der Waals surface area contributed by atoms with Gasteiger partial charge in [0.1, 0.15) is 0 Å². The highest BCUT2D eigenvalue weighted by molar-refractivity contribution is 5.96. The van der Waals surface area contributed by atoms with Crippen LogP contribution in [0.15, 0.2) is 36.4 Å². The lowest BCUT2D eigenvalue weighted by Crippen LogP contribution is -2.05. The lowest BCUT2D eigenvalue weighted by Gasteiger charge is -2.15. The van der Waals surface area contributed by atoms with E-state index < -0.39 is 5.97 Å². The van der Waals surface area contributed by atoms with Gasteiger partial charge in [0.25, 0.3) is 0 Å². The van der Waals surface area contributed by atoms with Gasteiger partial charge in [0.05, 0.1) is 22.6 Å². The molecule has 0 saturated carbocycles. The van der Waals surface area contributed by atoms with Crippen molar-refractivity contribution >= 4 is 23.0 Å². The summed E-state index contributed by atoms with van der Waals surface area (Å²) in [4.78, 5) is 11.2. The summed E-state index contributed by atoms with van der Waals surface area (Å²) in [6.07, 6.45) is 0. The molecule has 0 spiro atoms. The fourth-order valence-electron chi connectivity index (χ4n) is 1.92. The second-order valence-electron chi connectivity index (χ2n) is 4.45. The molecule has 19 heavy (non-hydrogen) atoms. The van der Waals surface area contributed by atoms with Crippen molar-refractivity contribution in [2.75, 3.05) is 11.1 Å². The molecule has 0 aliphatic rings. The largest absolute Gasteiger partial charge is 0.478 e. The normalized spacial score (nSPS) is 10.2. The van der Waals surface area contributed by atoms with Gasteiger partial charge in [-0.25, -0.2) is 4.79 Å². The van der Waals surface area contributed by atoms with Gasteiger partial charge in [0, 0.05) is 0 Å². The first kappa shape index (κ1) is 13.0. The minimum atomic E-state index is -0.966. The van der Waals surface area contributed by atoms with E-state index in [1.54, 1.807) is 24.3 Å². The van der Waals surface area contributed by atoms with Crippen molar-refractivity contribution in [1.82, 2.24) is 0 Å². The summed E-state index contributed by atoms with van der Waals surface area (Å²) in [5.74, 6) is -0.966. The zero-order valence-electron chi connectivity index (χ0n) is 10.9. The topological polar surface area (TPSA) is 75.3 Å². The Morgan fingerprint density at radius 3 is 2.53 bits per heavy atom. The second kappa shape index (κ2) is 5.02. The number of hydrogen-bond donors (Lipinski definition) is 3. The lowest BCUT2D eigenvalue weighted by molar-refractivity contribution is 0.0698. The highest BCUT2D eigenvalue weighted by atomic mass is 16.4. The molecule has 0 aromatic heterocycles. The molecular weight excluding hydrogens is 240 g/mol. The third-order valence-electron chi connectivity index (χ3n) is 3.19. The number of carboxylic acids is 1. The summed E-state index contributed by atoms with van der Waals surface area (Å²) in [6, 6.07) is 10.5. The molecule has 2 rings (SSSR count). The van der Waals surface area contributed by atoms with Crippen molar-refractivity contribution in [3.63, 3.8) is 0 Å². The molecule has 0 atom stereocenters. The van der Waals surface area contributed by atoms with Crippen LogP contribution in [0.25, 0.3) is 0 Å². The summed E-state index contributed by atoms with van der Waals surface area (Å²) in [5, 5.41) is 12.3. The van der Waals surface area contributed by atoms with Crippen LogP contribution in [0, 0.1) is 13.8 Å². The van der Waals surface area contributed by atoms with E-state index >= 15 is 0 Å². The van der Waals surface area contributed by atoms with Crippen LogP contribution in [-0.4, -0.2) is 11.1 Å². The van der Waals surface area contributed by atoms with Crippen molar-refractivity contribution in [2.45, 2.75) is 13.8 Å². The number of rotatable bonds is 3. The lowest BCUT2D eigenvalue weighted by atomic mass is 10.1. The molecule has 0 amide bonds. The molecule has 4 nitrogen and oxygen atoms in total. The second-order valence-corrected chi connectivity index (χ2v) is 4.45. The van der Waals surface area contributed by atoms with E-state index in [1.165, 1.54) is 0 Å². The van der Waals surface area contributed by atoms with Gasteiger partial charge in [-0.1, -0.05) is 18.2 Å². The Labute approximate surface area is 111 Å². The molecule has 4 heteroatoms. The number of carboxylic acid groups (broad SMARTS) is 1. The molecular formula is C15H16N2O2. The standard InChI is InChI=1S/C15H16N2O2/c1-9-7-8-12(16)14(10(9)2)17-13-6-4-3-5-11(13)15(18)19/h3-8,17H,16H2,1-2H3,(H,18,19). The van der Waals surface area contributed by atoms with Crippen LogP contribution in [0.2, 0.25) is 0 Å². The number of nitrogens with two attached hydrogens (primary N) is 1. The molecule has 2 aromatic rings. The van der Waals surface area contributed by atoms with Crippen LogP contribution in [0.3, 0.4) is 0 Å². The number of anilines is 3. The van der Waals surface area contributed by atoms with Crippen LogP contribution in [-0.2, 0) is 0 Å². The first-order valence-electron chi connectivity index (χ1n) is 5.95. The molecule has 4 N–H and O–H groups in total. The summed E-state index contributed by atoms with van der Waals surface area (Å²) < 4.78 is 0. The van der Waals surface area contributed by atoms with Gasteiger partial charge in [-0.2, -0.15) is 0 Å².